The number of hydrogen-bond acceptors (Lipinski definition) is 2. The molecule has 0 bridgehead atoms. The van der Waals surface area contributed by atoms with Crippen LogP contribution in [0.15, 0.2) is 24.3 Å². The zero-order valence-electron chi connectivity index (χ0n) is 13.6. The monoisotopic (exact) mass is 275 g/mol. The molecule has 0 aromatic heterocycles. The van der Waals surface area contributed by atoms with Gasteiger partial charge in [0.25, 0.3) is 0 Å². The van der Waals surface area contributed by atoms with Crippen LogP contribution in [0.25, 0.3) is 0 Å². The summed E-state index contributed by atoms with van der Waals surface area (Å²) in [5.41, 5.74) is 1.55. The highest BCUT2D eigenvalue weighted by Crippen LogP contribution is 2.44. The lowest BCUT2D eigenvalue weighted by Gasteiger charge is -2.51. The molecule has 0 aliphatic heterocycles. The van der Waals surface area contributed by atoms with Gasteiger partial charge in [0, 0.05) is 17.9 Å². The van der Waals surface area contributed by atoms with E-state index in [2.05, 4.69) is 64.2 Å². The summed E-state index contributed by atoms with van der Waals surface area (Å²) in [5.74, 6) is 1.63. The Bertz CT molecular complexity index is 441. The number of para-hydroxylation sites is 1. The summed E-state index contributed by atoms with van der Waals surface area (Å²) in [7, 11) is 0. The van der Waals surface area contributed by atoms with Gasteiger partial charge < -0.3 is 10.1 Å². The highest BCUT2D eigenvalue weighted by atomic mass is 16.5. The molecule has 2 rings (SSSR count). The van der Waals surface area contributed by atoms with Gasteiger partial charge in [0.2, 0.25) is 0 Å². The predicted octanol–water partition coefficient (Wildman–Crippen LogP) is 4.36. The maximum Gasteiger partial charge on any atom is 0.123 e. The van der Waals surface area contributed by atoms with Crippen molar-refractivity contribution in [1.29, 1.82) is 0 Å². The summed E-state index contributed by atoms with van der Waals surface area (Å²) in [6.45, 7) is 12.3. The predicted molar refractivity (Wildman–Crippen MR) is 85.4 cm³/mol. The molecule has 1 aromatic rings. The van der Waals surface area contributed by atoms with Crippen molar-refractivity contribution < 1.29 is 4.74 Å². The van der Waals surface area contributed by atoms with Gasteiger partial charge in [-0.15, -0.1) is 0 Å². The molecule has 0 heterocycles. The van der Waals surface area contributed by atoms with Gasteiger partial charge in [-0.25, -0.2) is 0 Å². The second-order valence-electron chi connectivity index (χ2n) is 6.62. The Morgan fingerprint density at radius 3 is 2.60 bits per heavy atom. The molecule has 3 unspecified atom stereocenters. The molecule has 0 amide bonds. The van der Waals surface area contributed by atoms with Gasteiger partial charge >= 0.3 is 0 Å². The quantitative estimate of drug-likeness (QED) is 0.833. The highest BCUT2D eigenvalue weighted by Gasteiger charge is 2.49. The van der Waals surface area contributed by atoms with Crippen LogP contribution >= 0.6 is 0 Å². The van der Waals surface area contributed by atoms with Crippen LogP contribution in [0.2, 0.25) is 0 Å². The van der Waals surface area contributed by atoms with E-state index in [0.717, 1.165) is 25.1 Å². The lowest BCUT2D eigenvalue weighted by molar-refractivity contribution is -0.0546. The Morgan fingerprint density at radius 1 is 1.30 bits per heavy atom. The normalized spacial score (nSPS) is 25.9. The summed E-state index contributed by atoms with van der Waals surface area (Å²) in [6.07, 6.45) is 2.57. The molecule has 1 saturated carbocycles. The average Bonchev–Trinajstić information content (AvgIpc) is 2.46. The molecule has 20 heavy (non-hydrogen) atoms. The van der Waals surface area contributed by atoms with E-state index in [9.17, 15) is 0 Å². The second-order valence-corrected chi connectivity index (χ2v) is 6.62. The van der Waals surface area contributed by atoms with Gasteiger partial charge in [0.05, 0.1) is 0 Å². The first-order valence-electron chi connectivity index (χ1n) is 7.99. The van der Waals surface area contributed by atoms with Crippen molar-refractivity contribution in [2.24, 2.45) is 5.41 Å². The van der Waals surface area contributed by atoms with Gasteiger partial charge in [-0.1, -0.05) is 52.8 Å². The van der Waals surface area contributed by atoms with E-state index in [-0.39, 0.29) is 5.41 Å². The van der Waals surface area contributed by atoms with Crippen LogP contribution in [0, 0.1) is 5.41 Å². The van der Waals surface area contributed by atoms with Crippen LogP contribution in [0.3, 0.4) is 0 Å². The molecule has 0 saturated heterocycles. The van der Waals surface area contributed by atoms with Gasteiger partial charge in [-0.3, -0.25) is 0 Å². The molecule has 0 spiro atoms. The number of benzene rings is 1. The van der Waals surface area contributed by atoms with Crippen LogP contribution in [0.1, 0.15) is 58.9 Å². The van der Waals surface area contributed by atoms with Crippen molar-refractivity contribution in [3.63, 3.8) is 0 Å². The molecule has 2 heteroatoms. The van der Waals surface area contributed by atoms with E-state index in [1.165, 1.54) is 5.56 Å². The zero-order chi connectivity index (χ0) is 14.8. The van der Waals surface area contributed by atoms with Crippen molar-refractivity contribution >= 4 is 0 Å². The van der Waals surface area contributed by atoms with Crippen LogP contribution in [-0.4, -0.2) is 18.7 Å². The van der Waals surface area contributed by atoms with E-state index in [1.54, 1.807) is 0 Å². The third-order valence-corrected chi connectivity index (χ3v) is 4.96. The van der Waals surface area contributed by atoms with Crippen LogP contribution in [-0.2, 0) is 0 Å². The van der Waals surface area contributed by atoms with Gasteiger partial charge in [-0.05, 0) is 30.5 Å². The smallest absolute Gasteiger partial charge is 0.123 e. The minimum Gasteiger partial charge on any atom is -0.489 e. The third kappa shape index (κ3) is 2.85. The van der Waals surface area contributed by atoms with E-state index in [0.29, 0.717) is 18.1 Å². The van der Waals surface area contributed by atoms with Crippen LogP contribution in [0.4, 0.5) is 0 Å². The Morgan fingerprint density at radius 2 is 2.00 bits per heavy atom. The van der Waals surface area contributed by atoms with E-state index in [4.69, 9.17) is 4.74 Å². The Labute approximate surface area is 123 Å². The maximum absolute atomic E-state index is 6.36. The fourth-order valence-corrected chi connectivity index (χ4v) is 3.05. The molecule has 0 radical (unpaired) electrons. The first-order valence-corrected chi connectivity index (χ1v) is 7.99. The Hall–Kier alpha value is -1.02. The summed E-state index contributed by atoms with van der Waals surface area (Å²) in [4.78, 5) is 0. The van der Waals surface area contributed by atoms with Crippen molar-refractivity contribution in [3.8, 4) is 5.75 Å². The largest absolute Gasteiger partial charge is 0.489 e. The lowest BCUT2D eigenvalue weighted by Crippen LogP contribution is -2.62. The van der Waals surface area contributed by atoms with Gasteiger partial charge in [0.15, 0.2) is 0 Å². The molecular formula is C18H29NO. The summed E-state index contributed by atoms with van der Waals surface area (Å²) in [6, 6.07) is 9.10. The molecule has 112 valence electrons. The highest BCUT2D eigenvalue weighted by molar-refractivity contribution is 5.36. The lowest BCUT2D eigenvalue weighted by atomic mass is 9.64. The number of hydrogen-bond donors (Lipinski definition) is 1. The van der Waals surface area contributed by atoms with Crippen molar-refractivity contribution in [2.45, 2.75) is 65.5 Å². The van der Waals surface area contributed by atoms with E-state index < -0.39 is 0 Å². The standard InChI is InChI=1S/C18H29NO/c1-6-13(3)14-10-8-9-11-15(14)20-17-12-16(19-7-2)18(17,4)5/h8-11,13,16-17,19H,6-7,12H2,1-5H3. The topological polar surface area (TPSA) is 21.3 Å². The molecule has 3 atom stereocenters. The Balaban J connectivity index is 2.09. The average molecular weight is 275 g/mol. The van der Waals surface area contributed by atoms with Gasteiger partial charge in [-0.2, -0.15) is 0 Å². The summed E-state index contributed by atoms with van der Waals surface area (Å²) in [5, 5.41) is 3.56. The Kier molecular flexibility index (Phi) is 4.74. The number of ether oxygens (including phenoxy) is 1. The van der Waals surface area contributed by atoms with E-state index >= 15 is 0 Å². The first-order chi connectivity index (χ1) is 9.50. The molecule has 1 aliphatic rings. The summed E-state index contributed by atoms with van der Waals surface area (Å²) < 4.78 is 6.36. The van der Waals surface area contributed by atoms with Crippen molar-refractivity contribution in [1.82, 2.24) is 5.32 Å². The molecule has 1 aliphatic carbocycles. The number of nitrogens with one attached hydrogen (secondary N) is 1. The molecule has 2 nitrogen and oxygen atoms in total. The molecular weight excluding hydrogens is 246 g/mol. The second kappa shape index (κ2) is 6.17. The fraction of sp³-hybridized carbons (Fsp3) is 0.667. The van der Waals surface area contributed by atoms with E-state index in [1.807, 2.05) is 0 Å². The SMILES string of the molecule is CCNC1CC(Oc2ccccc2C(C)CC)C1(C)C. The minimum atomic E-state index is 0.207. The van der Waals surface area contributed by atoms with Gasteiger partial charge in [0.1, 0.15) is 11.9 Å². The molecule has 1 fully saturated rings. The number of rotatable bonds is 6. The fourth-order valence-electron chi connectivity index (χ4n) is 3.05. The van der Waals surface area contributed by atoms with Crippen molar-refractivity contribution in [3.05, 3.63) is 29.8 Å². The zero-order valence-corrected chi connectivity index (χ0v) is 13.6. The van der Waals surface area contributed by atoms with Crippen molar-refractivity contribution in [2.75, 3.05) is 6.54 Å². The third-order valence-electron chi connectivity index (χ3n) is 4.96. The van der Waals surface area contributed by atoms with Crippen LogP contribution < -0.4 is 10.1 Å². The molecule has 1 aromatic carbocycles. The summed E-state index contributed by atoms with van der Waals surface area (Å²) >= 11 is 0. The van der Waals surface area contributed by atoms with Crippen LogP contribution in [0.5, 0.6) is 5.75 Å². The molecule has 1 N–H and O–H groups in total. The minimum absolute atomic E-state index is 0.207. The first kappa shape index (κ1) is 15.4. The maximum atomic E-state index is 6.36.